The van der Waals surface area contributed by atoms with E-state index in [4.69, 9.17) is 9.29 Å². The molecule has 0 aromatic heterocycles. The fraction of sp³-hybridized carbons (Fsp3) is 0.143. The molecule has 1 aromatic rings. The molecular weight excluding hydrogens is 283 g/mol. The van der Waals surface area contributed by atoms with E-state index in [0.29, 0.717) is 15.1 Å². The SMILES string of the molecule is COc1ccc(S(=O)O)c(Br)c1.[H-].[K+]. The number of methoxy groups -OCH3 is 1. The topological polar surface area (TPSA) is 46.5 Å². The van der Waals surface area contributed by atoms with Crippen LogP contribution in [-0.2, 0) is 11.1 Å². The second-order valence-electron chi connectivity index (χ2n) is 2.05. The molecule has 13 heavy (non-hydrogen) atoms. The van der Waals surface area contributed by atoms with E-state index in [1.54, 1.807) is 18.2 Å². The normalized spacial score (nSPS) is 11.6. The van der Waals surface area contributed by atoms with E-state index < -0.39 is 11.1 Å². The summed E-state index contributed by atoms with van der Waals surface area (Å²) in [5.74, 6) is 0.649. The molecule has 0 radical (unpaired) electrons. The zero-order chi connectivity index (χ0) is 9.14. The van der Waals surface area contributed by atoms with Gasteiger partial charge in [-0.2, -0.15) is 0 Å². The Kier molecular flexibility index (Phi) is 7.32. The third-order valence-electron chi connectivity index (χ3n) is 1.33. The summed E-state index contributed by atoms with van der Waals surface area (Å²) in [5.41, 5.74) is 0. The van der Waals surface area contributed by atoms with E-state index in [-0.39, 0.29) is 52.8 Å². The first-order valence-corrected chi connectivity index (χ1v) is 4.99. The van der Waals surface area contributed by atoms with Gasteiger partial charge in [0, 0.05) is 4.47 Å². The van der Waals surface area contributed by atoms with E-state index in [0.717, 1.165) is 0 Å². The van der Waals surface area contributed by atoms with Crippen molar-refractivity contribution in [1.29, 1.82) is 0 Å². The van der Waals surface area contributed by atoms with Gasteiger partial charge in [0.05, 0.1) is 12.0 Å². The van der Waals surface area contributed by atoms with Gasteiger partial charge in [0.2, 0.25) is 0 Å². The molecule has 0 aliphatic heterocycles. The predicted molar refractivity (Wildman–Crippen MR) is 50.8 cm³/mol. The molecule has 1 N–H and O–H groups in total. The van der Waals surface area contributed by atoms with Gasteiger partial charge in [-0.3, -0.25) is 0 Å². The van der Waals surface area contributed by atoms with Crippen molar-refractivity contribution in [3.8, 4) is 5.75 Å². The van der Waals surface area contributed by atoms with Crippen molar-refractivity contribution in [1.82, 2.24) is 0 Å². The number of halogens is 1. The first-order valence-electron chi connectivity index (χ1n) is 3.09. The summed E-state index contributed by atoms with van der Waals surface area (Å²) < 4.78 is 24.9. The first kappa shape index (κ1) is 14.2. The van der Waals surface area contributed by atoms with Crippen molar-refractivity contribution in [2.24, 2.45) is 0 Å². The molecule has 0 bridgehead atoms. The molecule has 0 heterocycles. The minimum Gasteiger partial charge on any atom is -1.00 e. The van der Waals surface area contributed by atoms with Gasteiger partial charge in [0.15, 0.2) is 11.1 Å². The molecule has 1 unspecified atom stereocenters. The molecule has 0 aliphatic rings. The van der Waals surface area contributed by atoms with Crippen LogP contribution in [0.4, 0.5) is 0 Å². The Morgan fingerprint density at radius 1 is 1.62 bits per heavy atom. The van der Waals surface area contributed by atoms with E-state index in [9.17, 15) is 4.21 Å². The summed E-state index contributed by atoms with van der Waals surface area (Å²) in [6.07, 6.45) is 0. The van der Waals surface area contributed by atoms with Crippen molar-refractivity contribution in [2.75, 3.05) is 7.11 Å². The van der Waals surface area contributed by atoms with Crippen molar-refractivity contribution >= 4 is 27.0 Å². The van der Waals surface area contributed by atoms with Crippen LogP contribution in [0.25, 0.3) is 0 Å². The predicted octanol–water partition coefficient (Wildman–Crippen LogP) is -0.845. The summed E-state index contributed by atoms with van der Waals surface area (Å²) in [6.45, 7) is 0. The van der Waals surface area contributed by atoms with Crippen LogP contribution in [0, 0.1) is 0 Å². The maximum atomic E-state index is 10.7. The number of benzene rings is 1. The molecule has 3 nitrogen and oxygen atoms in total. The Bertz CT molecular complexity index is 324. The van der Waals surface area contributed by atoms with Gasteiger partial charge in [-0.1, -0.05) is 0 Å². The van der Waals surface area contributed by atoms with Crippen molar-refractivity contribution in [3.05, 3.63) is 22.7 Å². The molecule has 1 aromatic carbocycles. The molecular formula is C7H8BrKO3S. The number of rotatable bonds is 2. The summed E-state index contributed by atoms with van der Waals surface area (Å²) in [5, 5.41) is 0. The summed E-state index contributed by atoms with van der Waals surface area (Å²) in [6, 6.07) is 4.82. The van der Waals surface area contributed by atoms with Crippen LogP contribution in [0.1, 0.15) is 1.43 Å². The smallest absolute Gasteiger partial charge is 1.00 e. The molecule has 68 valence electrons. The van der Waals surface area contributed by atoms with Crippen LogP contribution in [0.3, 0.4) is 0 Å². The van der Waals surface area contributed by atoms with Crippen molar-refractivity contribution < 1.29 is 66.3 Å². The molecule has 6 heteroatoms. The summed E-state index contributed by atoms with van der Waals surface area (Å²) >= 11 is 1.20. The zero-order valence-electron chi connectivity index (χ0n) is 8.28. The Hall–Kier alpha value is 1.25. The fourth-order valence-electron chi connectivity index (χ4n) is 0.750. The van der Waals surface area contributed by atoms with Gasteiger partial charge < -0.3 is 10.7 Å². The van der Waals surface area contributed by atoms with Gasteiger partial charge in [-0.15, -0.1) is 0 Å². The van der Waals surface area contributed by atoms with Crippen LogP contribution in [0.15, 0.2) is 27.6 Å². The average molecular weight is 291 g/mol. The van der Waals surface area contributed by atoms with Gasteiger partial charge in [0.1, 0.15) is 5.75 Å². The number of hydrogen-bond acceptors (Lipinski definition) is 2. The summed E-state index contributed by atoms with van der Waals surface area (Å²) in [7, 11) is 1.54. The monoisotopic (exact) mass is 290 g/mol. The van der Waals surface area contributed by atoms with E-state index in [1.807, 2.05) is 0 Å². The van der Waals surface area contributed by atoms with Gasteiger partial charge in [-0.25, -0.2) is 4.21 Å². The standard InChI is InChI=1S/C7H7BrO3S.K.H/c1-11-5-2-3-7(12(9)10)6(8)4-5;;/h2-4H,1H3,(H,9,10);;/q;+1;-1. The molecule has 1 rings (SSSR count). The fourth-order valence-corrected chi connectivity index (χ4v) is 1.93. The molecule has 0 spiro atoms. The van der Waals surface area contributed by atoms with Crippen LogP contribution in [0.2, 0.25) is 0 Å². The van der Waals surface area contributed by atoms with Gasteiger partial charge in [-0.05, 0) is 34.1 Å². The maximum absolute atomic E-state index is 10.7. The number of hydrogen-bond donors (Lipinski definition) is 1. The van der Waals surface area contributed by atoms with Crippen LogP contribution in [0.5, 0.6) is 5.75 Å². The Labute approximate surface area is 132 Å². The van der Waals surface area contributed by atoms with Gasteiger partial charge >= 0.3 is 51.4 Å². The van der Waals surface area contributed by atoms with E-state index in [2.05, 4.69) is 15.9 Å². The molecule has 0 saturated carbocycles. The first-order chi connectivity index (χ1) is 5.65. The Balaban J connectivity index is 0. The Morgan fingerprint density at radius 3 is 2.62 bits per heavy atom. The average Bonchev–Trinajstić information content (AvgIpc) is 2.03. The quantitative estimate of drug-likeness (QED) is 0.571. The van der Waals surface area contributed by atoms with E-state index in [1.165, 1.54) is 7.11 Å². The van der Waals surface area contributed by atoms with Crippen molar-refractivity contribution in [3.63, 3.8) is 0 Å². The van der Waals surface area contributed by atoms with Crippen molar-refractivity contribution in [2.45, 2.75) is 4.90 Å². The minimum atomic E-state index is -1.95. The second kappa shape index (κ2) is 6.68. The third-order valence-corrected chi connectivity index (χ3v) is 2.98. The third kappa shape index (κ3) is 4.09. The van der Waals surface area contributed by atoms with Gasteiger partial charge in [0.25, 0.3) is 0 Å². The molecule has 0 fully saturated rings. The second-order valence-corrected chi connectivity index (χ2v) is 3.84. The van der Waals surface area contributed by atoms with E-state index >= 15 is 0 Å². The molecule has 0 aliphatic carbocycles. The van der Waals surface area contributed by atoms with Crippen LogP contribution in [-0.4, -0.2) is 15.9 Å². The number of ether oxygens (including phenoxy) is 1. The summed E-state index contributed by atoms with van der Waals surface area (Å²) in [4.78, 5) is 0.343. The molecule has 1 atom stereocenters. The Morgan fingerprint density at radius 2 is 2.23 bits per heavy atom. The minimum absolute atomic E-state index is 0. The zero-order valence-corrected chi connectivity index (χ0v) is 12.8. The maximum Gasteiger partial charge on any atom is 1.00 e. The van der Waals surface area contributed by atoms with Crippen LogP contribution < -0.4 is 56.1 Å². The molecule has 0 saturated heterocycles. The molecule has 0 amide bonds. The largest absolute Gasteiger partial charge is 1.00 e. The van der Waals surface area contributed by atoms with Crippen LogP contribution >= 0.6 is 15.9 Å².